The molecule has 0 amide bonds. The molecule has 1 aliphatic heterocycles. The fourth-order valence-electron chi connectivity index (χ4n) is 4.10. The lowest BCUT2D eigenvalue weighted by atomic mass is 10.1. The van der Waals surface area contributed by atoms with Gasteiger partial charge in [-0.15, -0.1) is 0 Å². The molecule has 3 aromatic carbocycles. The maximum atomic E-state index is 12.9. The van der Waals surface area contributed by atoms with E-state index < -0.39 is 10.0 Å². The first-order valence-electron chi connectivity index (χ1n) is 9.87. The van der Waals surface area contributed by atoms with Crippen LogP contribution in [0.3, 0.4) is 0 Å². The average molecular weight is 423 g/mol. The van der Waals surface area contributed by atoms with Crippen molar-refractivity contribution < 1.29 is 17.9 Å². The summed E-state index contributed by atoms with van der Waals surface area (Å²) in [6.07, 6.45) is 0.640. The van der Waals surface area contributed by atoms with Gasteiger partial charge in [0.05, 0.1) is 4.90 Å². The van der Waals surface area contributed by atoms with Crippen LogP contribution in [-0.4, -0.2) is 21.3 Å². The Morgan fingerprint density at radius 1 is 0.900 bits per heavy atom. The van der Waals surface area contributed by atoms with Crippen LogP contribution in [0.1, 0.15) is 22.7 Å². The van der Waals surface area contributed by atoms with Crippen LogP contribution in [0.4, 0.5) is 0 Å². The van der Waals surface area contributed by atoms with E-state index in [4.69, 9.17) is 9.47 Å². The monoisotopic (exact) mass is 422 g/mol. The van der Waals surface area contributed by atoms with Crippen molar-refractivity contribution in [3.8, 4) is 11.5 Å². The fourth-order valence-corrected chi connectivity index (χ4v) is 5.37. The minimum Gasteiger partial charge on any atom is -0.454 e. The summed E-state index contributed by atoms with van der Waals surface area (Å²) in [6.45, 7) is 0.824. The molecule has 0 radical (unpaired) electrons. The molecule has 7 heteroatoms. The number of hydrogen-bond acceptors (Lipinski definition) is 5. The molecule has 5 rings (SSSR count). The maximum Gasteiger partial charge on any atom is 0.240 e. The zero-order valence-electron chi connectivity index (χ0n) is 16.2. The summed E-state index contributed by atoms with van der Waals surface area (Å²) in [5, 5.41) is 3.55. The molecule has 0 saturated heterocycles. The van der Waals surface area contributed by atoms with Crippen molar-refractivity contribution in [1.82, 2.24) is 10.0 Å². The Kier molecular flexibility index (Phi) is 4.94. The number of hydrogen-bond donors (Lipinski definition) is 2. The SMILES string of the molecule is O=S(=O)(N[C@@H]1Cc2ccccc2[C@@H]1NCc1ccc2c(c1)OCO2)c1ccccc1. The Hall–Kier alpha value is -2.87. The van der Waals surface area contributed by atoms with Gasteiger partial charge in [0.2, 0.25) is 16.8 Å². The molecule has 3 aromatic rings. The van der Waals surface area contributed by atoms with Gasteiger partial charge >= 0.3 is 0 Å². The van der Waals surface area contributed by atoms with Crippen molar-refractivity contribution in [3.05, 3.63) is 89.5 Å². The zero-order chi connectivity index (χ0) is 20.6. The van der Waals surface area contributed by atoms with Crippen molar-refractivity contribution in [2.75, 3.05) is 6.79 Å². The highest BCUT2D eigenvalue weighted by atomic mass is 32.2. The number of nitrogens with one attached hydrogen (secondary N) is 2. The van der Waals surface area contributed by atoms with Gasteiger partial charge in [0.1, 0.15) is 0 Å². The maximum absolute atomic E-state index is 12.9. The van der Waals surface area contributed by atoms with Gasteiger partial charge in [-0.25, -0.2) is 13.1 Å². The third-order valence-corrected chi connectivity index (χ3v) is 7.06. The van der Waals surface area contributed by atoms with E-state index in [1.807, 2.05) is 30.3 Å². The zero-order valence-corrected chi connectivity index (χ0v) is 17.1. The predicted octanol–water partition coefficient (Wildman–Crippen LogP) is 3.15. The summed E-state index contributed by atoms with van der Waals surface area (Å²) < 4.78 is 39.6. The second-order valence-corrected chi connectivity index (χ2v) is 9.20. The lowest BCUT2D eigenvalue weighted by Gasteiger charge is -2.23. The van der Waals surface area contributed by atoms with E-state index in [0.717, 1.165) is 28.2 Å². The minimum absolute atomic E-state index is 0.134. The van der Waals surface area contributed by atoms with Gasteiger partial charge < -0.3 is 14.8 Å². The largest absolute Gasteiger partial charge is 0.454 e. The smallest absolute Gasteiger partial charge is 0.240 e. The first-order valence-corrected chi connectivity index (χ1v) is 11.4. The van der Waals surface area contributed by atoms with Gasteiger partial charge in [0, 0.05) is 18.6 Å². The average Bonchev–Trinajstić information content (AvgIpc) is 3.36. The molecule has 1 aliphatic carbocycles. The number of ether oxygens (including phenoxy) is 2. The van der Waals surface area contributed by atoms with E-state index in [-0.39, 0.29) is 23.8 Å². The van der Waals surface area contributed by atoms with Crippen molar-refractivity contribution in [2.45, 2.75) is 29.9 Å². The Bertz CT molecular complexity index is 1160. The molecule has 6 nitrogen and oxygen atoms in total. The van der Waals surface area contributed by atoms with Crippen LogP contribution in [0, 0.1) is 0 Å². The lowest BCUT2D eigenvalue weighted by molar-refractivity contribution is 0.174. The third-order valence-electron chi connectivity index (χ3n) is 5.56. The number of sulfonamides is 1. The molecular formula is C23H22N2O4S. The molecule has 1 heterocycles. The van der Waals surface area contributed by atoms with Crippen LogP contribution >= 0.6 is 0 Å². The van der Waals surface area contributed by atoms with Crippen LogP contribution in [0.2, 0.25) is 0 Å². The van der Waals surface area contributed by atoms with Crippen LogP contribution in [0.5, 0.6) is 11.5 Å². The summed E-state index contributed by atoms with van der Waals surface area (Å²) in [7, 11) is -3.61. The molecule has 0 unspecified atom stereocenters. The first kappa shape index (κ1) is 19.1. The number of benzene rings is 3. The topological polar surface area (TPSA) is 76.7 Å². The summed E-state index contributed by atoms with van der Waals surface area (Å²) in [5.74, 6) is 1.49. The van der Waals surface area contributed by atoms with Crippen LogP contribution in [-0.2, 0) is 23.0 Å². The van der Waals surface area contributed by atoms with E-state index in [1.165, 1.54) is 0 Å². The molecular weight excluding hydrogens is 400 g/mol. The van der Waals surface area contributed by atoms with E-state index in [0.29, 0.717) is 13.0 Å². The molecule has 0 aromatic heterocycles. The van der Waals surface area contributed by atoms with Gasteiger partial charge in [-0.3, -0.25) is 0 Å². The van der Waals surface area contributed by atoms with Gasteiger partial charge in [-0.05, 0) is 47.4 Å². The number of fused-ring (bicyclic) bond motifs is 2. The molecule has 30 heavy (non-hydrogen) atoms. The third kappa shape index (κ3) is 3.67. The highest BCUT2D eigenvalue weighted by Crippen LogP contribution is 2.34. The van der Waals surface area contributed by atoms with Gasteiger partial charge in [-0.1, -0.05) is 48.5 Å². The van der Waals surface area contributed by atoms with Gasteiger partial charge in [0.15, 0.2) is 11.5 Å². The quantitative estimate of drug-likeness (QED) is 0.638. The minimum atomic E-state index is -3.61. The van der Waals surface area contributed by atoms with Crippen LogP contribution < -0.4 is 19.5 Å². The highest BCUT2D eigenvalue weighted by molar-refractivity contribution is 7.89. The van der Waals surface area contributed by atoms with E-state index >= 15 is 0 Å². The molecule has 0 fully saturated rings. The van der Waals surface area contributed by atoms with Crippen molar-refractivity contribution >= 4 is 10.0 Å². The van der Waals surface area contributed by atoms with Crippen molar-refractivity contribution in [2.24, 2.45) is 0 Å². The van der Waals surface area contributed by atoms with Crippen molar-refractivity contribution in [1.29, 1.82) is 0 Å². The van der Waals surface area contributed by atoms with Crippen molar-refractivity contribution in [3.63, 3.8) is 0 Å². The molecule has 0 bridgehead atoms. The standard InChI is InChI=1S/C23H22N2O4S/c26-30(27,18-7-2-1-3-8-18)25-20-13-17-6-4-5-9-19(17)23(20)24-14-16-10-11-21-22(12-16)29-15-28-21/h1-12,20,23-25H,13-15H2/t20-,23+/m1/s1. The summed E-state index contributed by atoms with van der Waals surface area (Å²) in [4.78, 5) is 0.274. The molecule has 0 saturated carbocycles. The molecule has 2 aliphatic rings. The second kappa shape index (κ2) is 7.75. The summed E-state index contributed by atoms with van der Waals surface area (Å²) in [6, 6.07) is 22.0. The lowest BCUT2D eigenvalue weighted by Crippen LogP contribution is -2.42. The Morgan fingerprint density at radius 3 is 2.53 bits per heavy atom. The van der Waals surface area contributed by atoms with E-state index in [9.17, 15) is 8.42 Å². The summed E-state index contributed by atoms with van der Waals surface area (Å²) >= 11 is 0. The Morgan fingerprint density at radius 2 is 1.67 bits per heavy atom. The molecule has 154 valence electrons. The van der Waals surface area contributed by atoms with E-state index in [1.54, 1.807) is 30.3 Å². The second-order valence-electron chi connectivity index (χ2n) is 7.49. The predicted molar refractivity (Wildman–Crippen MR) is 113 cm³/mol. The Labute approximate surface area is 175 Å². The Balaban J connectivity index is 1.37. The fraction of sp³-hybridized carbons (Fsp3) is 0.217. The molecule has 2 atom stereocenters. The summed E-state index contributed by atoms with van der Waals surface area (Å²) in [5.41, 5.74) is 3.33. The highest BCUT2D eigenvalue weighted by Gasteiger charge is 2.35. The van der Waals surface area contributed by atoms with Gasteiger partial charge in [-0.2, -0.15) is 0 Å². The normalized spacial score (nSPS) is 19.6. The van der Waals surface area contributed by atoms with E-state index in [2.05, 4.69) is 22.2 Å². The molecule has 2 N–H and O–H groups in total. The van der Waals surface area contributed by atoms with Gasteiger partial charge in [0.25, 0.3) is 0 Å². The van der Waals surface area contributed by atoms with Crippen LogP contribution in [0.25, 0.3) is 0 Å². The van der Waals surface area contributed by atoms with Crippen LogP contribution in [0.15, 0.2) is 77.7 Å². The first-order chi connectivity index (χ1) is 14.6. The molecule has 0 spiro atoms. The number of rotatable bonds is 6.